The number of phenols is 2. The molecule has 0 fully saturated rings. The van der Waals surface area contributed by atoms with Gasteiger partial charge in [0.2, 0.25) is 4.77 Å². The highest BCUT2D eigenvalue weighted by atomic mass is 35.5. The average molecular weight is 348 g/mol. The number of hydrogen-bond donors (Lipinski definition) is 3. The number of nitrogens with one attached hydrogen (secondary N) is 1. The molecule has 23 heavy (non-hydrogen) atoms. The van der Waals surface area contributed by atoms with Crippen molar-refractivity contribution in [1.29, 1.82) is 0 Å². The molecule has 2 aromatic carbocycles. The molecule has 0 spiro atoms. The summed E-state index contributed by atoms with van der Waals surface area (Å²) in [7, 11) is 0. The molecule has 0 aliphatic heterocycles. The van der Waals surface area contributed by atoms with Gasteiger partial charge in [0.05, 0.1) is 22.1 Å². The van der Waals surface area contributed by atoms with Gasteiger partial charge in [0, 0.05) is 0 Å². The number of benzene rings is 2. The SMILES string of the molecule is O=c1c2ccccc2[nH]c(=S)n1/N=C/c1cc(O)c(O)c(Cl)c1. The van der Waals surface area contributed by atoms with E-state index >= 15 is 0 Å². The van der Waals surface area contributed by atoms with Gasteiger partial charge in [0.1, 0.15) is 0 Å². The molecule has 3 aromatic rings. The molecular formula is C15H10ClN3O3S. The van der Waals surface area contributed by atoms with E-state index in [4.69, 9.17) is 23.8 Å². The van der Waals surface area contributed by atoms with Crippen molar-refractivity contribution in [3.8, 4) is 11.5 Å². The van der Waals surface area contributed by atoms with E-state index in [0.29, 0.717) is 16.5 Å². The molecule has 0 bridgehead atoms. The van der Waals surface area contributed by atoms with Crippen LogP contribution in [0.5, 0.6) is 11.5 Å². The summed E-state index contributed by atoms with van der Waals surface area (Å²) in [5.74, 6) is -0.793. The Labute approximate surface area is 139 Å². The zero-order valence-electron chi connectivity index (χ0n) is 11.5. The molecule has 0 aliphatic rings. The molecule has 0 saturated heterocycles. The molecule has 1 aromatic heterocycles. The number of H-pyrrole nitrogens is 1. The van der Waals surface area contributed by atoms with Crippen molar-refractivity contribution in [1.82, 2.24) is 9.66 Å². The monoisotopic (exact) mass is 347 g/mol. The summed E-state index contributed by atoms with van der Waals surface area (Å²) in [6, 6.07) is 9.62. The number of phenolic OH excluding ortho intramolecular Hbond substituents is 2. The number of halogens is 1. The van der Waals surface area contributed by atoms with Crippen LogP contribution in [0.25, 0.3) is 10.9 Å². The minimum absolute atomic E-state index is 0.0255. The Morgan fingerprint density at radius 3 is 2.74 bits per heavy atom. The summed E-state index contributed by atoms with van der Waals surface area (Å²) in [5.41, 5.74) is 0.661. The van der Waals surface area contributed by atoms with E-state index in [2.05, 4.69) is 10.1 Å². The summed E-state index contributed by atoms with van der Waals surface area (Å²) < 4.78 is 1.18. The second kappa shape index (κ2) is 5.86. The topological polar surface area (TPSA) is 90.6 Å². The number of nitrogens with zero attached hydrogens (tertiary/aromatic N) is 2. The van der Waals surface area contributed by atoms with Gasteiger partial charge in [0.15, 0.2) is 11.5 Å². The zero-order valence-corrected chi connectivity index (χ0v) is 13.1. The van der Waals surface area contributed by atoms with Gasteiger partial charge in [0.25, 0.3) is 5.56 Å². The van der Waals surface area contributed by atoms with Crippen molar-refractivity contribution in [2.24, 2.45) is 5.10 Å². The van der Waals surface area contributed by atoms with Crippen LogP contribution in [0, 0.1) is 4.77 Å². The van der Waals surface area contributed by atoms with E-state index in [-0.39, 0.29) is 21.1 Å². The first-order chi connectivity index (χ1) is 11.0. The van der Waals surface area contributed by atoms with Crippen LogP contribution in [0.2, 0.25) is 5.02 Å². The van der Waals surface area contributed by atoms with Gasteiger partial charge in [-0.3, -0.25) is 4.79 Å². The Bertz CT molecular complexity index is 1030. The third-order valence-corrected chi connectivity index (χ3v) is 3.73. The smallest absolute Gasteiger partial charge is 0.282 e. The lowest BCUT2D eigenvalue weighted by Crippen LogP contribution is -2.18. The van der Waals surface area contributed by atoms with Crippen molar-refractivity contribution < 1.29 is 10.2 Å². The van der Waals surface area contributed by atoms with Crippen LogP contribution in [0.15, 0.2) is 46.3 Å². The summed E-state index contributed by atoms with van der Waals surface area (Å²) in [4.78, 5) is 15.3. The summed E-state index contributed by atoms with van der Waals surface area (Å²) in [6.45, 7) is 0. The van der Waals surface area contributed by atoms with Crippen LogP contribution in [0.4, 0.5) is 0 Å². The van der Waals surface area contributed by atoms with E-state index in [1.54, 1.807) is 24.3 Å². The Morgan fingerprint density at radius 1 is 1.26 bits per heavy atom. The van der Waals surface area contributed by atoms with Gasteiger partial charge in [-0.1, -0.05) is 23.7 Å². The van der Waals surface area contributed by atoms with Crippen LogP contribution in [-0.4, -0.2) is 26.1 Å². The molecule has 0 saturated carbocycles. The highest BCUT2D eigenvalue weighted by molar-refractivity contribution is 7.71. The maximum atomic E-state index is 12.4. The van der Waals surface area contributed by atoms with Crippen molar-refractivity contribution in [2.45, 2.75) is 0 Å². The van der Waals surface area contributed by atoms with Crippen LogP contribution < -0.4 is 5.56 Å². The van der Waals surface area contributed by atoms with E-state index in [9.17, 15) is 15.0 Å². The molecular weight excluding hydrogens is 338 g/mol. The van der Waals surface area contributed by atoms with Crippen LogP contribution in [0.3, 0.4) is 0 Å². The van der Waals surface area contributed by atoms with Crippen molar-refractivity contribution in [2.75, 3.05) is 0 Å². The fourth-order valence-electron chi connectivity index (χ4n) is 2.06. The lowest BCUT2D eigenvalue weighted by atomic mass is 10.2. The molecule has 0 radical (unpaired) electrons. The minimum Gasteiger partial charge on any atom is -0.504 e. The quantitative estimate of drug-likeness (QED) is 0.377. The number of para-hydroxylation sites is 1. The normalized spacial score (nSPS) is 11.3. The van der Waals surface area contributed by atoms with Crippen LogP contribution in [-0.2, 0) is 0 Å². The average Bonchev–Trinajstić information content (AvgIpc) is 2.52. The molecule has 8 heteroatoms. The minimum atomic E-state index is -0.413. The Morgan fingerprint density at radius 2 is 2.00 bits per heavy atom. The number of fused-ring (bicyclic) bond motifs is 1. The molecule has 6 nitrogen and oxygen atoms in total. The maximum Gasteiger partial charge on any atom is 0.282 e. The Balaban J connectivity index is 2.12. The maximum absolute atomic E-state index is 12.4. The molecule has 0 atom stereocenters. The van der Waals surface area contributed by atoms with Gasteiger partial charge in [-0.25, -0.2) is 0 Å². The molecule has 3 N–H and O–H groups in total. The predicted octanol–water partition coefficient (Wildman–Crippen LogP) is 3.01. The van der Waals surface area contributed by atoms with Gasteiger partial charge < -0.3 is 15.2 Å². The molecule has 3 rings (SSSR count). The molecule has 1 heterocycles. The number of aromatic nitrogens is 2. The largest absolute Gasteiger partial charge is 0.504 e. The highest BCUT2D eigenvalue weighted by Crippen LogP contribution is 2.33. The summed E-state index contributed by atoms with van der Waals surface area (Å²) in [6.07, 6.45) is 1.31. The third-order valence-electron chi connectivity index (χ3n) is 3.17. The van der Waals surface area contributed by atoms with Crippen molar-refractivity contribution in [3.63, 3.8) is 0 Å². The van der Waals surface area contributed by atoms with Crippen molar-refractivity contribution >= 4 is 40.9 Å². The second-order valence-electron chi connectivity index (χ2n) is 4.71. The molecule has 0 amide bonds. The van der Waals surface area contributed by atoms with Crippen LogP contribution in [0.1, 0.15) is 5.56 Å². The molecule has 0 aliphatic carbocycles. The first-order valence-electron chi connectivity index (χ1n) is 6.47. The van der Waals surface area contributed by atoms with E-state index < -0.39 is 5.75 Å². The molecule has 0 unspecified atom stereocenters. The zero-order chi connectivity index (χ0) is 16.6. The van der Waals surface area contributed by atoms with Crippen LogP contribution >= 0.6 is 23.8 Å². The second-order valence-corrected chi connectivity index (χ2v) is 5.50. The predicted molar refractivity (Wildman–Crippen MR) is 91.2 cm³/mol. The van der Waals surface area contributed by atoms with Gasteiger partial charge in [-0.2, -0.15) is 9.78 Å². The highest BCUT2D eigenvalue weighted by Gasteiger charge is 2.07. The fraction of sp³-hybridized carbons (Fsp3) is 0. The number of aromatic amines is 1. The van der Waals surface area contributed by atoms with Gasteiger partial charge >= 0.3 is 0 Å². The number of rotatable bonds is 2. The first kappa shape index (κ1) is 15.3. The van der Waals surface area contributed by atoms with Gasteiger partial charge in [-0.05, 0) is 42.0 Å². The Hall–Kier alpha value is -2.64. The van der Waals surface area contributed by atoms with E-state index in [1.165, 1.54) is 18.3 Å². The number of aromatic hydroxyl groups is 2. The van der Waals surface area contributed by atoms with Crippen molar-refractivity contribution in [3.05, 3.63) is 62.1 Å². The van der Waals surface area contributed by atoms with Gasteiger partial charge in [-0.15, -0.1) is 0 Å². The fourth-order valence-corrected chi connectivity index (χ4v) is 2.52. The Kier molecular flexibility index (Phi) is 3.89. The van der Waals surface area contributed by atoms with E-state index in [1.807, 2.05) is 0 Å². The summed E-state index contributed by atoms with van der Waals surface area (Å²) >= 11 is 10.9. The molecule has 116 valence electrons. The third kappa shape index (κ3) is 2.84. The lowest BCUT2D eigenvalue weighted by Gasteiger charge is -2.03. The summed E-state index contributed by atoms with van der Waals surface area (Å²) in [5, 5.41) is 23.4. The number of hydrogen-bond acceptors (Lipinski definition) is 5. The lowest BCUT2D eigenvalue weighted by molar-refractivity contribution is 0.404. The van der Waals surface area contributed by atoms with E-state index in [0.717, 1.165) is 4.68 Å². The standard InChI is InChI=1S/C15H10ClN3O3S/c16-10-5-8(6-12(20)13(10)21)7-17-19-14(22)9-3-1-2-4-11(9)18-15(19)23/h1-7,20-21H,(H,18,23)/b17-7+. The first-order valence-corrected chi connectivity index (χ1v) is 7.26.